The molecule has 3 aromatic rings. The van der Waals surface area contributed by atoms with Crippen LogP contribution in [0.4, 0.5) is 5.69 Å². The van der Waals surface area contributed by atoms with E-state index in [1.807, 2.05) is 46.8 Å². The van der Waals surface area contributed by atoms with E-state index in [9.17, 15) is 21.6 Å². The molecule has 1 saturated carbocycles. The number of rotatable bonds is 7. The lowest BCUT2D eigenvalue weighted by Crippen LogP contribution is -2.50. The number of amides is 1. The Labute approximate surface area is 262 Å². The molecule has 0 unspecified atom stereocenters. The van der Waals surface area contributed by atoms with Crippen molar-refractivity contribution in [3.63, 3.8) is 0 Å². The number of hydrogen-bond donors (Lipinski definition) is 1. The maximum atomic E-state index is 13.4. The largest absolute Gasteiger partial charge is 0.336 e. The summed E-state index contributed by atoms with van der Waals surface area (Å²) >= 11 is 0. The minimum absolute atomic E-state index is 0.213. The van der Waals surface area contributed by atoms with Gasteiger partial charge >= 0.3 is 0 Å². The Morgan fingerprint density at radius 1 is 0.682 bits per heavy atom. The SMILES string of the molecule is Cc1c(C)c(C)c(S(=O)(=O)Nc2ccc(C(=O)N3CCN(S(=O)(=O)c4ccc(C5CCCCC5)cc4)CC3)cc2)c(C)c1C. The van der Waals surface area contributed by atoms with Gasteiger partial charge in [0, 0.05) is 37.4 Å². The van der Waals surface area contributed by atoms with Crippen LogP contribution in [0, 0.1) is 34.6 Å². The number of anilines is 1. The number of hydrogen-bond acceptors (Lipinski definition) is 5. The molecule has 1 aliphatic heterocycles. The standard InChI is InChI=1S/C34H43N3O5S2/c1-23-24(2)26(4)33(27(5)25(23)3)43(39,40)35-31-15-11-30(12-16-31)34(38)36-19-21-37(22-20-36)44(41,42)32-17-13-29(14-18-32)28-9-7-6-8-10-28/h11-18,28,35H,6-10,19-22H2,1-5H3. The van der Waals surface area contributed by atoms with Gasteiger partial charge in [0.05, 0.1) is 9.79 Å². The second-order valence-electron chi connectivity index (χ2n) is 12.2. The van der Waals surface area contributed by atoms with Crippen LogP contribution in [-0.4, -0.2) is 58.1 Å². The third kappa shape index (κ3) is 6.30. The van der Waals surface area contributed by atoms with Crippen LogP contribution in [0.5, 0.6) is 0 Å². The summed E-state index contributed by atoms with van der Waals surface area (Å²) in [6.07, 6.45) is 6.05. The number of benzene rings is 3. The highest BCUT2D eigenvalue weighted by molar-refractivity contribution is 7.92. The molecule has 2 fully saturated rings. The highest BCUT2D eigenvalue weighted by Gasteiger charge is 2.31. The molecule has 10 heteroatoms. The fraction of sp³-hybridized carbons (Fsp3) is 0.441. The Bertz CT molecular complexity index is 1720. The van der Waals surface area contributed by atoms with E-state index in [2.05, 4.69) is 4.72 Å². The van der Waals surface area contributed by atoms with Gasteiger partial charge in [0.1, 0.15) is 0 Å². The van der Waals surface area contributed by atoms with Gasteiger partial charge in [-0.15, -0.1) is 0 Å². The topological polar surface area (TPSA) is 104 Å². The first-order valence-corrected chi connectivity index (χ1v) is 18.3. The van der Waals surface area contributed by atoms with Crippen LogP contribution in [-0.2, 0) is 20.0 Å². The van der Waals surface area contributed by atoms with E-state index in [0.717, 1.165) is 40.7 Å². The number of sulfonamides is 2. The average Bonchev–Trinajstić information content (AvgIpc) is 3.03. The quantitative estimate of drug-likeness (QED) is 0.331. The number of nitrogens with one attached hydrogen (secondary N) is 1. The molecular formula is C34H43N3O5S2. The van der Waals surface area contributed by atoms with E-state index in [0.29, 0.717) is 17.2 Å². The number of carbonyl (C=O) groups excluding carboxylic acids is 1. The molecule has 0 bridgehead atoms. The summed E-state index contributed by atoms with van der Waals surface area (Å²) in [6.45, 7) is 10.5. The molecule has 2 aliphatic rings. The van der Waals surface area contributed by atoms with Gasteiger partial charge in [0.2, 0.25) is 10.0 Å². The average molecular weight is 638 g/mol. The van der Waals surface area contributed by atoms with Gasteiger partial charge in [0.25, 0.3) is 15.9 Å². The molecule has 1 heterocycles. The van der Waals surface area contributed by atoms with Crippen molar-refractivity contribution >= 4 is 31.6 Å². The minimum atomic E-state index is -3.85. The molecular weight excluding hydrogens is 595 g/mol. The van der Waals surface area contributed by atoms with Gasteiger partial charge in [-0.1, -0.05) is 31.4 Å². The van der Waals surface area contributed by atoms with Crippen LogP contribution in [0.25, 0.3) is 0 Å². The Balaban J connectivity index is 1.21. The second kappa shape index (κ2) is 12.7. The molecule has 8 nitrogen and oxygen atoms in total. The molecule has 1 N–H and O–H groups in total. The van der Waals surface area contributed by atoms with E-state index in [1.54, 1.807) is 41.3 Å². The van der Waals surface area contributed by atoms with Crippen molar-refractivity contribution < 1.29 is 21.6 Å². The molecule has 0 radical (unpaired) electrons. The summed E-state index contributed by atoms with van der Waals surface area (Å²) < 4.78 is 57.6. The lowest BCUT2D eigenvalue weighted by atomic mass is 9.84. The lowest BCUT2D eigenvalue weighted by Gasteiger charge is -2.34. The molecule has 0 atom stereocenters. The van der Waals surface area contributed by atoms with Gasteiger partial charge in [-0.3, -0.25) is 9.52 Å². The van der Waals surface area contributed by atoms with Crippen molar-refractivity contribution in [1.82, 2.24) is 9.21 Å². The summed E-state index contributed by atoms with van der Waals surface area (Å²) in [5.74, 6) is 0.296. The van der Waals surface area contributed by atoms with E-state index in [4.69, 9.17) is 0 Å². The van der Waals surface area contributed by atoms with Crippen molar-refractivity contribution in [3.8, 4) is 0 Å². The molecule has 5 rings (SSSR count). The minimum Gasteiger partial charge on any atom is -0.336 e. The van der Waals surface area contributed by atoms with Crippen molar-refractivity contribution in [2.24, 2.45) is 0 Å². The molecule has 1 aliphatic carbocycles. The van der Waals surface area contributed by atoms with Crippen molar-refractivity contribution in [1.29, 1.82) is 0 Å². The highest BCUT2D eigenvalue weighted by Crippen LogP contribution is 2.34. The fourth-order valence-corrected chi connectivity index (χ4v) is 9.65. The van der Waals surface area contributed by atoms with Gasteiger partial charge in [-0.2, -0.15) is 4.31 Å². The number of carbonyl (C=O) groups is 1. The van der Waals surface area contributed by atoms with Crippen LogP contribution in [0.15, 0.2) is 58.3 Å². The lowest BCUT2D eigenvalue weighted by molar-refractivity contribution is 0.0698. The van der Waals surface area contributed by atoms with Gasteiger partial charge < -0.3 is 4.90 Å². The van der Waals surface area contributed by atoms with Crippen LogP contribution < -0.4 is 4.72 Å². The van der Waals surface area contributed by atoms with E-state index >= 15 is 0 Å². The third-order valence-corrected chi connectivity index (χ3v) is 13.3. The Kier molecular flexibility index (Phi) is 9.26. The van der Waals surface area contributed by atoms with E-state index in [1.165, 1.54) is 29.1 Å². The van der Waals surface area contributed by atoms with Crippen LogP contribution in [0.1, 0.15) is 81.8 Å². The Morgan fingerprint density at radius 2 is 1.20 bits per heavy atom. The Morgan fingerprint density at radius 3 is 1.75 bits per heavy atom. The molecule has 0 spiro atoms. The summed E-state index contributed by atoms with van der Waals surface area (Å²) in [5.41, 5.74) is 6.43. The Hall–Kier alpha value is -3.21. The second-order valence-corrected chi connectivity index (χ2v) is 15.8. The summed E-state index contributed by atoms with van der Waals surface area (Å²) in [4.78, 5) is 15.5. The van der Waals surface area contributed by atoms with Crippen LogP contribution in [0.2, 0.25) is 0 Å². The summed E-state index contributed by atoms with van der Waals surface area (Å²) in [7, 11) is -7.50. The van der Waals surface area contributed by atoms with E-state index < -0.39 is 20.0 Å². The third-order valence-electron chi connectivity index (χ3n) is 9.70. The van der Waals surface area contributed by atoms with Crippen molar-refractivity contribution in [3.05, 3.63) is 87.5 Å². The molecule has 1 amide bonds. The van der Waals surface area contributed by atoms with Crippen LogP contribution in [0.3, 0.4) is 0 Å². The number of nitrogens with zero attached hydrogens (tertiary/aromatic N) is 2. The van der Waals surface area contributed by atoms with E-state index in [-0.39, 0.29) is 41.9 Å². The summed E-state index contributed by atoms with van der Waals surface area (Å²) in [6, 6.07) is 13.7. The first-order chi connectivity index (χ1) is 20.8. The molecule has 0 aromatic heterocycles. The number of piperazine rings is 1. The first kappa shape index (κ1) is 32.2. The van der Waals surface area contributed by atoms with Gasteiger partial charge in [-0.25, -0.2) is 16.8 Å². The molecule has 44 heavy (non-hydrogen) atoms. The predicted molar refractivity (Wildman–Crippen MR) is 174 cm³/mol. The highest BCUT2D eigenvalue weighted by atomic mass is 32.2. The van der Waals surface area contributed by atoms with Gasteiger partial charge in [-0.05, 0) is 123 Å². The van der Waals surface area contributed by atoms with Crippen LogP contribution >= 0.6 is 0 Å². The smallest absolute Gasteiger partial charge is 0.262 e. The zero-order valence-electron chi connectivity index (χ0n) is 26.3. The molecule has 236 valence electrons. The molecule has 1 saturated heterocycles. The zero-order valence-corrected chi connectivity index (χ0v) is 27.9. The first-order valence-electron chi connectivity index (χ1n) is 15.4. The monoisotopic (exact) mass is 637 g/mol. The fourth-order valence-electron chi connectivity index (χ4n) is 6.57. The normalized spacial score (nSPS) is 17.1. The maximum absolute atomic E-state index is 13.4. The zero-order chi connectivity index (χ0) is 31.8. The maximum Gasteiger partial charge on any atom is 0.262 e. The molecule has 3 aromatic carbocycles. The predicted octanol–water partition coefficient (Wildman–Crippen LogP) is 6.22. The summed E-state index contributed by atoms with van der Waals surface area (Å²) in [5, 5.41) is 0. The van der Waals surface area contributed by atoms with Crippen molar-refractivity contribution in [2.45, 2.75) is 82.4 Å². The van der Waals surface area contributed by atoms with Gasteiger partial charge in [0.15, 0.2) is 0 Å². The van der Waals surface area contributed by atoms with Crippen molar-refractivity contribution in [2.75, 3.05) is 30.9 Å².